The van der Waals surface area contributed by atoms with E-state index >= 15 is 0 Å². The van der Waals surface area contributed by atoms with Crippen LogP contribution in [0.2, 0.25) is 0 Å². The minimum absolute atomic E-state index is 0.102. The van der Waals surface area contributed by atoms with Crippen molar-refractivity contribution >= 4 is 23.5 Å². The quantitative estimate of drug-likeness (QED) is 0.589. The Morgan fingerprint density at radius 3 is 2.68 bits per heavy atom. The van der Waals surface area contributed by atoms with E-state index < -0.39 is 12.0 Å². The molecule has 1 aromatic rings. The van der Waals surface area contributed by atoms with E-state index in [1.165, 1.54) is 13.2 Å². The Morgan fingerprint density at radius 1 is 1.36 bits per heavy atom. The zero-order valence-corrected chi connectivity index (χ0v) is 12.7. The lowest BCUT2D eigenvalue weighted by molar-refractivity contribution is -0.145. The highest BCUT2D eigenvalue weighted by Gasteiger charge is 2.19. The largest absolute Gasteiger partial charge is 0.467 e. The molecule has 0 spiro atoms. The van der Waals surface area contributed by atoms with Crippen LogP contribution in [0.4, 0.5) is 5.69 Å². The molecule has 0 aromatic heterocycles. The molecule has 1 atom stereocenters. The zero-order valence-electron chi connectivity index (χ0n) is 12.7. The summed E-state index contributed by atoms with van der Waals surface area (Å²) in [4.78, 5) is 34.7. The Labute approximate surface area is 129 Å². The normalized spacial score (nSPS) is 11.2. The van der Waals surface area contributed by atoms with Crippen LogP contribution in [0.1, 0.15) is 18.9 Å². The van der Waals surface area contributed by atoms with Crippen LogP contribution < -0.4 is 10.6 Å². The lowest BCUT2D eigenvalue weighted by Gasteiger charge is -2.14. The van der Waals surface area contributed by atoms with Gasteiger partial charge in [0.15, 0.2) is 0 Å². The van der Waals surface area contributed by atoms with Gasteiger partial charge in [-0.3, -0.25) is 9.59 Å². The Kier molecular flexibility index (Phi) is 6.82. The third-order valence-corrected chi connectivity index (χ3v) is 2.97. The average Bonchev–Trinajstić information content (AvgIpc) is 2.52. The lowest BCUT2D eigenvalue weighted by atomic mass is 10.1. The van der Waals surface area contributed by atoms with E-state index in [1.54, 1.807) is 31.2 Å². The average molecular weight is 304 g/mol. The SMILES string of the molecule is C=CC(=O)Nc1cccc(CC(=O)NC(CC)C(=O)OC)c1. The monoisotopic (exact) mass is 304 g/mol. The van der Waals surface area contributed by atoms with E-state index in [0.717, 1.165) is 5.56 Å². The molecule has 0 aliphatic heterocycles. The first-order chi connectivity index (χ1) is 10.5. The van der Waals surface area contributed by atoms with Crippen LogP contribution in [0.15, 0.2) is 36.9 Å². The number of hydrogen-bond acceptors (Lipinski definition) is 4. The molecule has 0 fully saturated rings. The molecule has 22 heavy (non-hydrogen) atoms. The summed E-state index contributed by atoms with van der Waals surface area (Å²) in [6.07, 6.45) is 1.72. The van der Waals surface area contributed by atoms with Gasteiger partial charge >= 0.3 is 5.97 Å². The number of benzene rings is 1. The number of carbonyl (C=O) groups excluding carboxylic acids is 3. The van der Waals surface area contributed by atoms with Gasteiger partial charge in [0, 0.05) is 5.69 Å². The third kappa shape index (κ3) is 5.40. The minimum Gasteiger partial charge on any atom is -0.467 e. The summed E-state index contributed by atoms with van der Waals surface area (Å²) in [6.45, 7) is 5.16. The molecule has 0 saturated heterocycles. The number of esters is 1. The van der Waals surface area contributed by atoms with Crippen LogP contribution in [-0.2, 0) is 25.5 Å². The summed E-state index contributed by atoms with van der Waals surface area (Å²) < 4.78 is 4.62. The van der Waals surface area contributed by atoms with E-state index in [-0.39, 0.29) is 18.2 Å². The fraction of sp³-hybridized carbons (Fsp3) is 0.312. The second kappa shape index (κ2) is 8.61. The number of anilines is 1. The van der Waals surface area contributed by atoms with E-state index in [9.17, 15) is 14.4 Å². The molecule has 6 nitrogen and oxygen atoms in total. The molecule has 0 heterocycles. The molecule has 0 aliphatic carbocycles. The van der Waals surface area contributed by atoms with Crippen LogP contribution in [-0.4, -0.2) is 30.9 Å². The Balaban J connectivity index is 2.68. The molecule has 2 N–H and O–H groups in total. The highest BCUT2D eigenvalue weighted by atomic mass is 16.5. The van der Waals surface area contributed by atoms with E-state index in [0.29, 0.717) is 12.1 Å². The number of amides is 2. The molecule has 118 valence electrons. The van der Waals surface area contributed by atoms with Crippen molar-refractivity contribution in [3.63, 3.8) is 0 Å². The molecule has 2 amide bonds. The molecule has 1 unspecified atom stereocenters. The van der Waals surface area contributed by atoms with Gasteiger partial charge in [-0.1, -0.05) is 25.6 Å². The van der Waals surface area contributed by atoms with E-state index in [1.807, 2.05) is 0 Å². The van der Waals surface area contributed by atoms with Crippen molar-refractivity contribution in [2.45, 2.75) is 25.8 Å². The van der Waals surface area contributed by atoms with Gasteiger partial charge in [-0.05, 0) is 30.2 Å². The van der Waals surface area contributed by atoms with E-state index in [4.69, 9.17) is 0 Å². The van der Waals surface area contributed by atoms with Gasteiger partial charge in [0.25, 0.3) is 0 Å². The second-order valence-electron chi connectivity index (χ2n) is 4.62. The van der Waals surface area contributed by atoms with Crippen molar-refractivity contribution in [2.75, 3.05) is 12.4 Å². The number of ether oxygens (including phenoxy) is 1. The fourth-order valence-corrected chi connectivity index (χ4v) is 1.85. The number of rotatable bonds is 7. The summed E-state index contributed by atoms with van der Waals surface area (Å²) in [5.41, 5.74) is 1.30. The number of hydrogen-bond donors (Lipinski definition) is 2. The van der Waals surface area contributed by atoms with Crippen LogP contribution in [0, 0.1) is 0 Å². The zero-order chi connectivity index (χ0) is 16.5. The van der Waals surface area contributed by atoms with Crippen LogP contribution >= 0.6 is 0 Å². The Bertz CT molecular complexity index is 569. The van der Waals surface area contributed by atoms with Gasteiger partial charge in [0.2, 0.25) is 11.8 Å². The summed E-state index contributed by atoms with van der Waals surface area (Å²) in [6, 6.07) is 6.26. The topological polar surface area (TPSA) is 84.5 Å². The van der Waals surface area contributed by atoms with Crippen molar-refractivity contribution in [3.8, 4) is 0 Å². The Morgan fingerprint density at radius 2 is 2.09 bits per heavy atom. The summed E-state index contributed by atoms with van der Waals surface area (Å²) >= 11 is 0. The molecule has 1 aromatic carbocycles. The van der Waals surface area contributed by atoms with Crippen molar-refractivity contribution in [3.05, 3.63) is 42.5 Å². The molecule has 1 rings (SSSR count). The number of carbonyl (C=O) groups is 3. The maximum Gasteiger partial charge on any atom is 0.328 e. The predicted molar refractivity (Wildman–Crippen MR) is 83.2 cm³/mol. The van der Waals surface area contributed by atoms with Gasteiger partial charge in [-0.25, -0.2) is 4.79 Å². The molecule has 0 aliphatic rings. The lowest BCUT2D eigenvalue weighted by Crippen LogP contribution is -2.41. The summed E-state index contributed by atoms with van der Waals surface area (Å²) in [5, 5.41) is 5.24. The standard InChI is InChI=1S/C16H20N2O4/c1-4-13(16(21)22-3)18-15(20)10-11-7-6-8-12(9-11)17-14(19)5-2/h5-9,13H,2,4,10H2,1,3H3,(H,17,19)(H,18,20). The maximum atomic E-state index is 12.0. The van der Waals surface area contributed by atoms with E-state index in [2.05, 4.69) is 21.9 Å². The van der Waals surface area contributed by atoms with Crippen molar-refractivity contribution < 1.29 is 19.1 Å². The Hall–Kier alpha value is -2.63. The van der Waals surface area contributed by atoms with Crippen LogP contribution in [0.3, 0.4) is 0 Å². The van der Waals surface area contributed by atoms with Gasteiger partial charge in [-0.2, -0.15) is 0 Å². The maximum absolute atomic E-state index is 12.0. The molecule has 6 heteroatoms. The summed E-state index contributed by atoms with van der Waals surface area (Å²) in [5.74, 6) is -1.08. The first-order valence-corrected chi connectivity index (χ1v) is 6.89. The van der Waals surface area contributed by atoms with Gasteiger partial charge in [0.1, 0.15) is 6.04 Å². The smallest absolute Gasteiger partial charge is 0.328 e. The second-order valence-corrected chi connectivity index (χ2v) is 4.62. The highest BCUT2D eigenvalue weighted by molar-refractivity contribution is 5.99. The first-order valence-electron chi connectivity index (χ1n) is 6.89. The molecular formula is C16H20N2O4. The summed E-state index contributed by atoms with van der Waals surface area (Å²) in [7, 11) is 1.28. The molecule has 0 saturated carbocycles. The van der Waals surface area contributed by atoms with Crippen LogP contribution in [0.5, 0.6) is 0 Å². The predicted octanol–water partition coefficient (Wildman–Crippen LogP) is 1.42. The minimum atomic E-state index is -0.652. The molecule has 0 radical (unpaired) electrons. The third-order valence-electron chi connectivity index (χ3n) is 2.97. The first kappa shape index (κ1) is 17.4. The van der Waals surface area contributed by atoms with Crippen LogP contribution in [0.25, 0.3) is 0 Å². The molecule has 0 bridgehead atoms. The van der Waals surface area contributed by atoms with Gasteiger partial charge < -0.3 is 15.4 Å². The van der Waals surface area contributed by atoms with Gasteiger partial charge in [-0.15, -0.1) is 0 Å². The number of nitrogens with one attached hydrogen (secondary N) is 2. The highest BCUT2D eigenvalue weighted by Crippen LogP contribution is 2.11. The fourth-order valence-electron chi connectivity index (χ4n) is 1.85. The van der Waals surface area contributed by atoms with Gasteiger partial charge in [0.05, 0.1) is 13.5 Å². The molecular weight excluding hydrogens is 284 g/mol. The van der Waals surface area contributed by atoms with Crippen molar-refractivity contribution in [1.29, 1.82) is 0 Å². The number of methoxy groups -OCH3 is 1. The van der Waals surface area contributed by atoms with Crippen molar-refractivity contribution in [1.82, 2.24) is 5.32 Å². The van der Waals surface area contributed by atoms with Crippen molar-refractivity contribution in [2.24, 2.45) is 0 Å².